The normalized spacial score (nSPS) is 40.7. The molecular weight excluding hydrogens is 148 g/mol. The summed E-state index contributed by atoms with van der Waals surface area (Å²) in [6, 6.07) is 0. The molecule has 0 spiro atoms. The molecule has 0 aromatic heterocycles. The van der Waals surface area contributed by atoms with E-state index in [1.165, 1.54) is 12.8 Å². The van der Waals surface area contributed by atoms with Crippen LogP contribution in [0.1, 0.15) is 32.6 Å². The van der Waals surface area contributed by atoms with E-state index in [0.29, 0.717) is 0 Å². The average molecular weight is 166 g/mol. The van der Waals surface area contributed by atoms with Crippen LogP contribution >= 0.6 is 0 Å². The van der Waals surface area contributed by atoms with Crippen molar-refractivity contribution < 1.29 is 5.11 Å². The van der Waals surface area contributed by atoms with Gasteiger partial charge in [-0.2, -0.15) is 0 Å². The van der Waals surface area contributed by atoms with Crippen molar-refractivity contribution in [1.82, 2.24) is 0 Å². The first-order valence-electron chi connectivity index (χ1n) is 5.16. The van der Waals surface area contributed by atoms with Gasteiger partial charge < -0.3 is 5.11 Å². The van der Waals surface area contributed by atoms with Crippen molar-refractivity contribution in [2.45, 2.75) is 38.7 Å². The molecule has 0 saturated heterocycles. The molecule has 12 heavy (non-hydrogen) atoms. The Kier molecular flexibility index (Phi) is 2.22. The van der Waals surface area contributed by atoms with Gasteiger partial charge in [0.2, 0.25) is 0 Å². The molecule has 0 amide bonds. The number of rotatable bonds is 3. The van der Waals surface area contributed by atoms with Gasteiger partial charge in [-0.1, -0.05) is 19.1 Å². The fraction of sp³-hybridized carbons (Fsp3) is 0.818. The summed E-state index contributed by atoms with van der Waals surface area (Å²) in [7, 11) is 0. The van der Waals surface area contributed by atoms with Gasteiger partial charge in [0, 0.05) is 0 Å². The summed E-state index contributed by atoms with van der Waals surface area (Å²) >= 11 is 0. The summed E-state index contributed by atoms with van der Waals surface area (Å²) in [6.45, 7) is 2.06. The van der Waals surface area contributed by atoms with Crippen LogP contribution in [0, 0.1) is 17.8 Å². The minimum Gasteiger partial charge on any atom is -0.393 e. The smallest absolute Gasteiger partial charge is 0.0540 e. The number of aliphatic hydroxyl groups excluding tert-OH is 1. The Balaban J connectivity index is 1.87. The van der Waals surface area contributed by atoms with Crippen LogP contribution < -0.4 is 0 Å². The van der Waals surface area contributed by atoms with Crippen molar-refractivity contribution in [3.8, 4) is 0 Å². The minimum atomic E-state index is -0.0530. The maximum Gasteiger partial charge on any atom is 0.0540 e. The second-order valence-corrected chi connectivity index (χ2v) is 4.34. The predicted molar refractivity (Wildman–Crippen MR) is 49.8 cm³/mol. The van der Waals surface area contributed by atoms with Crippen LogP contribution in [0.5, 0.6) is 0 Å². The van der Waals surface area contributed by atoms with Crippen LogP contribution in [-0.2, 0) is 0 Å². The zero-order valence-corrected chi connectivity index (χ0v) is 7.74. The molecule has 2 aliphatic carbocycles. The number of fused-ring (bicyclic) bond motifs is 2. The number of allylic oxidation sites excluding steroid dienone is 2. The Morgan fingerprint density at radius 2 is 2.25 bits per heavy atom. The molecule has 1 saturated carbocycles. The fourth-order valence-electron chi connectivity index (χ4n) is 2.68. The number of hydrogen-bond acceptors (Lipinski definition) is 1. The molecule has 68 valence electrons. The minimum absolute atomic E-state index is 0.0530. The van der Waals surface area contributed by atoms with Crippen molar-refractivity contribution >= 4 is 0 Å². The molecule has 0 heterocycles. The van der Waals surface area contributed by atoms with Crippen LogP contribution in [0.3, 0.4) is 0 Å². The summed E-state index contributed by atoms with van der Waals surface area (Å²) < 4.78 is 0. The first-order chi connectivity index (χ1) is 5.79. The van der Waals surface area contributed by atoms with Gasteiger partial charge in [0.05, 0.1) is 6.10 Å². The van der Waals surface area contributed by atoms with E-state index in [1.54, 1.807) is 0 Å². The van der Waals surface area contributed by atoms with Gasteiger partial charge in [-0.05, 0) is 43.4 Å². The first kappa shape index (κ1) is 8.31. The van der Waals surface area contributed by atoms with Crippen LogP contribution in [0.4, 0.5) is 0 Å². The van der Waals surface area contributed by atoms with Gasteiger partial charge in [0.15, 0.2) is 0 Å². The van der Waals surface area contributed by atoms with Crippen molar-refractivity contribution in [1.29, 1.82) is 0 Å². The SMILES string of the molecule is CCC(O)C[C@H]1C[C@@H]2C=C[C@H]1C2. The predicted octanol–water partition coefficient (Wildman–Crippen LogP) is 2.36. The molecule has 0 aromatic carbocycles. The molecule has 4 atom stereocenters. The third kappa shape index (κ3) is 1.42. The van der Waals surface area contributed by atoms with Gasteiger partial charge in [-0.15, -0.1) is 0 Å². The second kappa shape index (κ2) is 3.21. The molecule has 1 unspecified atom stereocenters. The molecule has 2 aliphatic rings. The molecule has 0 radical (unpaired) electrons. The van der Waals surface area contributed by atoms with Crippen molar-refractivity contribution in [3.63, 3.8) is 0 Å². The second-order valence-electron chi connectivity index (χ2n) is 4.34. The zero-order chi connectivity index (χ0) is 8.55. The van der Waals surface area contributed by atoms with E-state index in [0.717, 1.165) is 30.6 Å². The summed E-state index contributed by atoms with van der Waals surface area (Å²) in [5.41, 5.74) is 0. The van der Waals surface area contributed by atoms with Crippen molar-refractivity contribution in [2.75, 3.05) is 0 Å². The highest BCUT2D eigenvalue weighted by atomic mass is 16.3. The van der Waals surface area contributed by atoms with E-state index in [9.17, 15) is 5.11 Å². The van der Waals surface area contributed by atoms with E-state index >= 15 is 0 Å². The lowest BCUT2D eigenvalue weighted by molar-refractivity contribution is 0.131. The van der Waals surface area contributed by atoms with Crippen LogP contribution in [0.25, 0.3) is 0 Å². The maximum absolute atomic E-state index is 9.52. The van der Waals surface area contributed by atoms with E-state index < -0.39 is 0 Å². The highest BCUT2D eigenvalue weighted by Gasteiger charge is 2.35. The van der Waals surface area contributed by atoms with Gasteiger partial charge >= 0.3 is 0 Å². The quantitative estimate of drug-likeness (QED) is 0.638. The third-order valence-electron chi connectivity index (χ3n) is 3.46. The molecule has 2 rings (SSSR count). The van der Waals surface area contributed by atoms with E-state index in [-0.39, 0.29) is 6.10 Å². The Morgan fingerprint density at radius 3 is 2.75 bits per heavy atom. The lowest BCUT2D eigenvalue weighted by Gasteiger charge is -2.20. The van der Waals surface area contributed by atoms with Gasteiger partial charge in [-0.25, -0.2) is 0 Å². The van der Waals surface area contributed by atoms with Gasteiger partial charge in [-0.3, -0.25) is 0 Å². The fourth-order valence-corrected chi connectivity index (χ4v) is 2.68. The molecule has 1 nitrogen and oxygen atoms in total. The molecule has 0 aromatic rings. The standard InChI is InChI=1S/C11H18O/c1-2-11(12)7-10-6-8-3-4-9(10)5-8/h3-4,8-12H,2,5-7H2,1H3/t8-,9+,10-,11?/m1/s1. The number of aliphatic hydroxyl groups is 1. The summed E-state index contributed by atoms with van der Waals surface area (Å²) in [5, 5.41) is 9.52. The summed E-state index contributed by atoms with van der Waals surface area (Å²) in [5.74, 6) is 2.44. The van der Waals surface area contributed by atoms with Gasteiger partial charge in [0.1, 0.15) is 0 Å². The molecular formula is C11H18O. The maximum atomic E-state index is 9.52. The van der Waals surface area contributed by atoms with Crippen molar-refractivity contribution in [2.24, 2.45) is 17.8 Å². The zero-order valence-electron chi connectivity index (χ0n) is 7.74. The monoisotopic (exact) mass is 166 g/mol. The molecule has 1 N–H and O–H groups in total. The lowest BCUT2D eigenvalue weighted by atomic mass is 9.88. The Bertz CT molecular complexity index is 185. The summed E-state index contributed by atoms with van der Waals surface area (Å²) in [6.07, 6.45) is 9.31. The van der Waals surface area contributed by atoms with Gasteiger partial charge in [0.25, 0.3) is 0 Å². The molecule has 1 heteroatoms. The topological polar surface area (TPSA) is 20.2 Å². The highest BCUT2D eigenvalue weighted by molar-refractivity contribution is 5.10. The summed E-state index contributed by atoms with van der Waals surface area (Å²) in [4.78, 5) is 0. The Morgan fingerprint density at radius 1 is 1.42 bits per heavy atom. The highest BCUT2D eigenvalue weighted by Crippen LogP contribution is 2.45. The first-order valence-corrected chi connectivity index (χ1v) is 5.16. The molecule has 1 fully saturated rings. The van der Waals surface area contributed by atoms with Crippen LogP contribution in [-0.4, -0.2) is 11.2 Å². The van der Waals surface area contributed by atoms with E-state index in [4.69, 9.17) is 0 Å². The average Bonchev–Trinajstić information content (AvgIpc) is 2.64. The Hall–Kier alpha value is -0.300. The van der Waals surface area contributed by atoms with E-state index in [2.05, 4.69) is 19.1 Å². The Labute approximate surface area is 74.5 Å². The van der Waals surface area contributed by atoms with Crippen molar-refractivity contribution in [3.05, 3.63) is 12.2 Å². The van der Waals surface area contributed by atoms with E-state index in [1.807, 2.05) is 0 Å². The molecule has 0 aliphatic heterocycles. The number of hydrogen-bond donors (Lipinski definition) is 1. The molecule has 2 bridgehead atoms. The largest absolute Gasteiger partial charge is 0.393 e. The van der Waals surface area contributed by atoms with Crippen LogP contribution in [0.2, 0.25) is 0 Å². The third-order valence-corrected chi connectivity index (χ3v) is 3.46. The van der Waals surface area contributed by atoms with Crippen LogP contribution in [0.15, 0.2) is 12.2 Å². The lowest BCUT2D eigenvalue weighted by Crippen LogP contribution is -2.15.